The first-order valence-electron chi connectivity index (χ1n) is 3.18. The molecule has 1 aliphatic carbocycles. The number of rotatable bonds is 2. The smallest absolute Gasteiger partial charge is 0.260 e. The molecule has 1 atom stereocenters. The summed E-state index contributed by atoms with van der Waals surface area (Å²) in [7, 11) is 2.58. The van der Waals surface area contributed by atoms with Crippen molar-refractivity contribution in [2.45, 2.75) is 12.3 Å². The first-order chi connectivity index (χ1) is 4.99. The van der Waals surface area contributed by atoms with E-state index >= 15 is 0 Å². The molecule has 0 aliphatic heterocycles. The minimum absolute atomic E-state index is 0.348. The molecule has 1 rings (SSSR count). The van der Waals surface area contributed by atoms with Crippen LogP contribution in [0, 0.1) is 5.92 Å². The quantitative estimate of drug-likeness (QED) is 0.562. The van der Waals surface area contributed by atoms with E-state index in [2.05, 4.69) is 4.84 Å². The van der Waals surface area contributed by atoms with Crippen molar-refractivity contribution in [2.24, 2.45) is 5.92 Å². The summed E-state index contributed by atoms with van der Waals surface area (Å²) in [5, 5.41) is 0.825. The third kappa shape index (κ3) is 1.48. The highest BCUT2D eigenvalue weighted by molar-refractivity contribution is 5.81. The second-order valence-corrected chi connectivity index (χ2v) is 2.54. The van der Waals surface area contributed by atoms with Gasteiger partial charge in [0.05, 0.1) is 7.11 Å². The van der Waals surface area contributed by atoms with Gasteiger partial charge in [-0.2, -0.15) is 0 Å². The molecule has 11 heavy (non-hydrogen) atoms. The van der Waals surface area contributed by atoms with Gasteiger partial charge in [0, 0.05) is 13.5 Å². The van der Waals surface area contributed by atoms with Gasteiger partial charge in [-0.15, -0.1) is 0 Å². The Morgan fingerprint density at radius 2 is 2.18 bits per heavy atom. The fourth-order valence-corrected chi connectivity index (χ4v) is 0.791. The maximum atomic E-state index is 12.2. The van der Waals surface area contributed by atoms with Crippen LogP contribution in [0.5, 0.6) is 0 Å². The molecule has 0 aromatic rings. The Morgan fingerprint density at radius 1 is 1.73 bits per heavy atom. The monoisotopic (exact) mass is 165 g/mol. The second-order valence-electron chi connectivity index (χ2n) is 2.54. The van der Waals surface area contributed by atoms with E-state index in [9.17, 15) is 13.6 Å². The molecule has 3 nitrogen and oxygen atoms in total. The molecule has 0 heterocycles. The average molecular weight is 165 g/mol. The molecular weight excluding hydrogens is 156 g/mol. The molecule has 0 bridgehead atoms. The molecule has 0 aromatic carbocycles. The number of hydrogen-bond acceptors (Lipinski definition) is 2. The van der Waals surface area contributed by atoms with E-state index in [-0.39, 0.29) is 6.42 Å². The van der Waals surface area contributed by atoms with E-state index in [1.807, 2.05) is 0 Å². The lowest BCUT2D eigenvalue weighted by Gasteiger charge is -2.12. The van der Waals surface area contributed by atoms with Crippen LogP contribution in [0.15, 0.2) is 0 Å². The summed E-state index contributed by atoms with van der Waals surface area (Å²) in [4.78, 5) is 15.3. The molecule has 1 amide bonds. The minimum atomic E-state index is -2.80. The van der Waals surface area contributed by atoms with E-state index in [4.69, 9.17) is 0 Å². The van der Waals surface area contributed by atoms with Crippen molar-refractivity contribution in [3.05, 3.63) is 0 Å². The largest absolute Gasteiger partial charge is 0.275 e. The summed E-state index contributed by atoms with van der Waals surface area (Å²) in [5.74, 6) is -4.62. The summed E-state index contributed by atoms with van der Waals surface area (Å²) in [6.07, 6.45) is -0.348. The van der Waals surface area contributed by atoms with Gasteiger partial charge >= 0.3 is 0 Å². The van der Waals surface area contributed by atoms with E-state index in [1.165, 1.54) is 14.2 Å². The Hall–Kier alpha value is -0.710. The van der Waals surface area contributed by atoms with E-state index < -0.39 is 17.7 Å². The molecule has 0 spiro atoms. The Kier molecular flexibility index (Phi) is 1.83. The van der Waals surface area contributed by atoms with Crippen LogP contribution in [0.2, 0.25) is 0 Å². The van der Waals surface area contributed by atoms with Gasteiger partial charge in [0.1, 0.15) is 5.92 Å². The van der Waals surface area contributed by atoms with Crippen LogP contribution in [0.3, 0.4) is 0 Å². The van der Waals surface area contributed by atoms with Crippen LogP contribution in [0.1, 0.15) is 6.42 Å². The lowest BCUT2D eigenvalue weighted by molar-refractivity contribution is -0.172. The summed E-state index contributed by atoms with van der Waals surface area (Å²) >= 11 is 0. The molecule has 1 aliphatic rings. The van der Waals surface area contributed by atoms with Crippen LogP contribution in [-0.2, 0) is 9.63 Å². The SMILES string of the molecule is CON(C)C(=O)[C@@H]1CC1(F)F. The summed E-state index contributed by atoms with van der Waals surface area (Å²) in [5.41, 5.74) is 0. The normalized spacial score (nSPS) is 26.4. The molecule has 1 fully saturated rings. The van der Waals surface area contributed by atoms with Crippen molar-refractivity contribution in [1.82, 2.24) is 5.06 Å². The van der Waals surface area contributed by atoms with Crippen LogP contribution >= 0.6 is 0 Å². The van der Waals surface area contributed by atoms with Crippen LogP contribution in [0.4, 0.5) is 8.78 Å². The van der Waals surface area contributed by atoms with Crippen molar-refractivity contribution in [1.29, 1.82) is 0 Å². The number of halogens is 2. The Balaban J connectivity index is 2.46. The molecule has 0 aromatic heterocycles. The summed E-state index contributed by atoms with van der Waals surface area (Å²) in [6.45, 7) is 0. The highest BCUT2D eigenvalue weighted by atomic mass is 19.3. The third-order valence-corrected chi connectivity index (χ3v) is 1.71. The maximum Gasteiger partial charge on any atom is 0.260 e. The van der Waals surface area contributed by atoms with Gasteiger partial charge in [-0.05, 0) is 0 Å². The second kappa shape index (κ2) is 2.41. The first-order valence-corrected chi connectivity index (χ1v) is 3.18. The van der Waals surface area contributed by atoms with Gasteiger partial charge in [-0.1, -0.05) is 0 Å². The zero-order chi connectivity index (χ0) is 8.65. The summed E-state index contributed by atoms with van der Waals surface area (Å²) in [6, 6.07) is 0. The Morgan fingerprint density at radius 3 is 2.45 bits per heavy atom. The molecule has 0 radical (unpaired) electrons. The van der Waals surface area contributed by atoms with Crippen molar-refractivity contribution in [3.8, 4) is 0 Å². The molecule has 64 valence electrons. The number of hydroxylamine groups is 2. The lowest BCUT2D eigenvalue weighted by Crippen LogP contribution is -2.28. The first kappa shape index (κ1) is 8.39. The van der Waals surface area contributed by atoms with Gasteiger partial charge in [-0.3, -0.25) is 9.63 Å². The average Bonchev–Trinajstić information content (AvgIpc) is 2.56. The van der Waals surface area contributed by atoms with Gasteiger partial charge in [-0.25, -0.2) is 13.8 Å². The topological polar surface area (TPSA) is 29.5 Å². The van der Waals surface area contributed by atoms with Gasteiger partial charge in [0.25, 0.3) is 11.8 Å². The van der Waals surface area contributed by atoms with Crippen molar-refractivity contribution in [3.63, 3.8) is 0 Å². The maximum absolute atomic E-state index is 12.2. The predicted molar refractivity (Wildman–Crippen MR) is 32.8 cm³/mol. The van der Waals surface area contributed by atoms with Crippen LogP contribution < -0.4 is 0 Å². The fourth-order valence-electron chi connectivity index (χ4n) is 0.791. The fraction of sp³-hybridized carbons (Fsp3) is 0.833. The molecular formula is C6H9F2NO2. The Labute approximate surface area is 62.9 Å². The third-order valence-electron chi connectivity index (χ3n) is 1.71. The highest BCUT2D eigenvalue weighted by Gasteiger charge is 2.62. The zero-order valence-electron chi connectivity index (χ0n) is 6.30. The number of alkyl halides is 2. The highest BCUT2D eigenvalue weighted by Crippen LogP contribution is 2.49. The Bertz CT molecular complexity index is 183. The van der Waals surface area contributed by atoms with Crippen molar-refractivity contribution < 1.29 is 18.4 Å². The molecule has 5 heteroatoms. The molecule has 1 saturated carbocycles. The van der Waals surface area contributed by atoms with E-state index in [1.54, 1.807) is 0 Å². The number of carbonyl (C=O) groups excluding carboxylic acids is 1. The molecule has 0 unspecified atom stereocenters. The lowest BCUT2D eigenvalue weighted by atomic mass is 10.4. The van der Waals surface area contributed by atoms with Gasteiger partial charge in [0.2, 0.25) is 0 Å². The van der Waals surface area contributed by atoms with E-state index in [0.29, 0.717) is 0 Å². The van der Waals surface area contributed by atoms with Crippen molar-refractivity contribution in [2.75, 3.05) is 14.2 Å². The number of hydrogen-bond donors (Lipinski definition) is 0. The van der Waals surface area contributed by atoms with E-state index in [0.717, 1.165) is 5.06 Å². The minimum Gasteiger partial charge on any atom is -0.275 e. The predicted octanol–water partition coefficient (Wildman–Crippen LogP) is 0.661. The number of amides is 1. The number of carbonyl (C=O) groups is 1. The standard InChI is InChI=1S/C6H9F2NO2/c1-9(11-2)5(10)4-3-6(4,7)8/h4H,3H2,1-2H3/t4-/m0/s1. The van der Waals surface area contributed by atoms with Crippen LogP contribution in [-0.4, -0.2) is 31.1 Å². The van der Waals surface area contributed by atoms with Gasteiger partial charge in [0.15, 0.2) is 0 Å². The number of nitrogens with zero attached hydrogens (tertiary/aromatic N) is 1. The molecule has 0 saturated heterocycles. The van der Waals surface area contributed by atoms with Crippen LogP contribution in [0.25, 0.3) is 0 Å². The molecule has 0 N–H and O–H groups in total. The summed E-state index contributed by atoms with van der Waals surface area (Å²) < 4.78 is 24.5. The van der Waals surface area contributed by atoms with Crippen molar-refractivity contribution >= 4 is 5.91 Å². The zero-order valence-corrected chi connectivity index (χ0v) is 6.30. The van der Waals surface area contributed by atoms with Gasteiger partial charge < -0.3 is 0 Å².